The fourth-order valence-electron chi connectivity index (χ4n) is 2.64. The zero-order valence-corrected chi connectivity index (χ0v) is 16.9. The summed E-state index contributed by atoms with van der Waals surface area (Å²) in [4.78, 5) is 24.7. The summed E-state index contributed by atoms with van der Waals surface area (Å²) in [7, 11) is -3.57. The average Bonchev–Trinajstić information content (AvgIpc) is 2.67. The zero-order valence-electron chi connectivity index (χ0n) is 16.1. The van der Waals surface area contributed by atoms with Crippen molar-refractivity contribution in [2.75, 3.05) is 12.4 Å². The van der Waals surface area contributed by atoms with Crippen LogP contribution >= 0.6 is 0 Å². The Kier molecular flexibility index (Phi) is 7.75. The Balaban J connectivity index is 2.00. The first-order valence-electron chi connectivity index (χ1n) is 9.11. The van der Waals surface area contributed by atoms with Crippen LogP contribution in [0.25, 0.3) is 0 Å². The molecule has 28 heavy (non-hydrogen) atoms. The highest BCUT2D eigenvalue weighted by molar-refractivity contribution is 7.91. The van der Waals surface area contributed by atoms with Crippen LogP contribution in [0.4, 0.5) is 0 Å². The van der Waals surface area contributed by atoms with E-state index in [4.69, 9.17) is 4.74 Å². The topological polar surface area (TPSA) is 89.5 Å². The molecule has 1 atom stereocenters. The lowest BCUT2D eigenvalue weighted by Crippen LogP contribution is -2.43. The van der Waals surface area contributed by atoms with E-state index in [1.54, 1.807) is 19.1 Å². The highest BCUT2D eigenvalue weighted by Crippen LogP contribution is 2.13. The summed E-state index contributed by atoms with van der Waals surface area (Å²) in [6.45, 7) is 3.75. The molecule has 150 valence electrons. The number of esters is 1. The number of ether oxygens (including phenoxy) is 1. The number of benzene rings is 2. The molecule has 1 amide bonds. The van der Waals surface area contributed by atoms with Crippen molar-refractivity contribution in [2.45, 2.75) is 37.6 Å². The van der Waals surface area contributed by atoms with E-state index in [-0.39, 0.29) is 30.1 Å². The molecular formula is C21H25NO5S. The van der Waals surface area contributed by atoms with Gasteiger partial charge in [0.15, 0.2) is 9.84 Å². The van der Waals surface area contributed by atoms with Crippen LogP contribution < -0.4 is 5.32 Å². The molecule has 2 aromatic carbocycles. The van der Waals surface area contributed by atoms with Gasteiger partial charge in [-0.2, -0.15) is 0 Å². The van der Waals surface area contributed by atoms with Crippen molar-refractivity contribution in [3.8, 4) is 0 Å². The fraction of sp³-hybridized carbons (Fsp3) is 0.333. The van der Waals surface area contributed by atoms with Crippen molar-refractivity contribution >= 4 is 21.7 Å². The summed E-state index contributed by atoms with van der Waals surface area (Å²) in [5.41, 5.74) is 1.82. The minimum atomic E-state index is -3.57. The number of amides is 1. The Morgan fingerprint density at radius 2 is 1.68 bits per heavy atom. The molecule has 2 aromatic rings. The van der Waals surface area contributed by atoms with E-state index < -0.39 is 27.8 Å². The lowest BCUT2D eigenvalue weighted by atomic mass is 10.1. The van der Waals surface area contributed by atoms with Gasteiger partial charge in [0.25, 0.3) is 0 Å². The second-order valence-electron chi connectivity index (χ2n) is 6.44. The monoisotopic (exact) mass is 403 g/mol. The van der Waals surface area contributed by atoms with Crippen LogP contribution in [0.1, 0.15) is 24.5 Å². The van der Waals surface area contributed by atoms with E-state index >= 15 is 0 Å². The third-order valence-corrected chi connectivity index (χ3v) is 5.90. The first kappa shape index (κ1) is 21.6. The predicted octanol–water partition coefficient (Wildman–Crippen LogP) is 2.45. The molecule has 0 heterocycles. The maximum absolute atomic E-state index is 12.4. The summed E-state index contributed by atoms with van der Waals surface area (Å²) in [5.74, 6) is -1.38. The number of hydrogen-bond acceptors (Lipinski definition) is 5. The van der Waals surface area contributed by atoms with Crippen molar-refractivity contribution in [1.82, 2.24) is 5.32 Å². The van der Waals surface area contributed by atoms with E-state index in [9.17, 15) is 18.0 Å². The molecule has 0 aliphatic rings. The molecule has 0 aliphatic carbocycles. The number of sulfone groups is 1. The summed E-state index contributed by atoms with van der Waals surface area (Å²) < 4.78 is 29.8. The van der Waals surface area contributed by atoms with Crippen LogP contribution in [0.3, 0.4) is 0 Å². The molecule has 0 saturated heterocycles. The van der Waals surface area contributed by atoms with Crippen LogP contribution in [0.5, 0.6) is 0 Å². The molecule has 0 bridgehead atoms. The Labute approximate surface area is 165 Å². The Morgan fingerprint density at radius 1 is 1.04 bits per heavy atom. The number of nitrogens with one attached hydrogen (secondary N) is 1. The second kappa shape index (κ2) is 10.0. The van der Waals surface area contributed by atoms with Gasteiger partial charge in [0.05, 0.1) is 17.3 Å². The van der Waals surface area contributed by atoms with E-state index in [1.807, 2.05) is 37.3 Å². The third-order valence-electron chi connectivity index (χ3n) is 4.17. The van der Waals surface area contributed by atoms with Crippen molar-refractivity contribution < 1.29 is 22.7 Å². The molecular weight excluding hydrogens is 378 g/mol. The van der Waals surface area contributed by atoms with Gasteiger partial charge in [0.1, 0.15) is 6.04 Å². The molecule has 0 fully saturated rings. The maximum Gasteiger partial charge on any atom is 0.328 e. The van der Waals surface area contributed by atoms with Crippen molar-refractivity contribution in [3.63, 3.8) is 0 Å². The molecule has 0 aromatic heterocycles. The predicted molar refractivity (Wildman–Crippen MR) is 107 cm³/mol. The maximum atomic E-state index is 12.4. The van der Waals surface area contributed by atoms with Gasteiger partial charge in [-0.15, -0.1) is 0 Å². The standard InChI is InChI=1S/C21H25NO5S/c1-3-27-21(24)19(15-17-7-5-4-6-8-17)22-20(23)13-14-28(25,26)18-11-9-16(2)10-12-18/h4-12,19H,3,13-15H2,1-2H3,(H,22,23). The molecule has 7 heteroatoms. The highest BCUT2D eigenvalue weighted by Gasteiger charge is 2.24. The van der Waals surface area contributed by atoms with Crippen LogP contribution in [0, 0.1) is 6.92 Å². The normalized spacial score (nSPS) is 12.2. The smallest absolute Gasteiger partial charge is 0.328 e. The molecule has 6 nitrogen and oxygen atoms in total. The van der Waals surface area contributed by atoms with Gasteiger partial charge in [-0.1, -0.05) is 48.0 Å². The van der Waals surface area contributed by atoms with Crippen LogP contribution in [-0.4, -0.2) is 38.7 Å². The second-order valence-corrected chi connectivity index (χ2v) is 8.55. The van der Waals surface area contributed by atoms with Crippen LogP contribution in [0.2, 0.25) is 0 Å². The van der Waals surface area contributed by atoms with Crippen molar-refractivity contribution in [1.29, 1.82) is 0 Å². The first-order chi connectivity index (χ1) is 13.3. The van der Waals surface area contributed by atoms with Gasteiger partial charge in [-0.3, -0.25) is 4.79 Å². The fourth-order valence-corrected chi connectivity index (χ4v) is 3.88. The Bertz CT molecular complexity index is 892. The van der Waals surface area contributed by atoms with E-state index in [1.165, 1.54) is 12.1 Å². The summed E-state index contributed by atoms with van der Waals surface area (Å²) in [6, 6.07) is 14.8. The van der Waals surface area contributed by atoms with Crippen molar-refractivity contribution in [3.05, 3.63) is 65.7 Å². The molecule has 0 saturated carbocycles. The molecule has 0 radical (unpaired) electrons. The number of hydrogen-bond donors (Lipinski definition) is 1. The molecule has 0 aliphatic heterocycles. The summed E-state index contributed by atoms with van der Waals surface area (Å²) in [5, 5.41) is 2.61. The molecule has 2 rings (SSSR count). The average molecular weight is 404 g/mol. The van der Waals surface area contributed by atoms with Crippen molar-refractivity contribution in [2.24, 2.45) is 0 Å². The number of carbonyl (C=O) groups excluding carboxylic acids is 2. The van der Waals surface area contributed by atoms with Gasteiger partial charge in [-0.25, -0.2) is 13.2 Å². The molecule has 1 N–H and O–H groups in total. The zero-order chi connectivity index (χ0) is 20.6. The molecule has 0 spiro atoms. The lowest BCUT2D eigenvalue weighted by Gasteiger charge is -2.17. The highest BCUT2D eigenvalue weighted by atomic mass is 32.2. The minimum absolute atomic E-state index is 0.178. The number of carbonyl (C=O) groups is 2. The van der Waals surface area contributed by atoms with Gasteiger partial charge in [0, 0.05) is 12.8 Å². The Hall–Kier alpha value is -2.67. The van der Waals surface area contributed by atoms with E-state index in [2.05, 4.69) is 5.32 Å². The third kappa shape index (κ3) is 6.49. The summed E-state index contributed by atoms with van der Waals surface area (Å²) >= 11 is 0. The van der Waals surface area contributed by atoms with E-state index in [0.717, 1.165) is 11.1 Å². The summed E-state index contributed by atoms with van der Waals surface area (Å²) in [6.07, 6.45) is 0.0387. The minimum Gasteiger partial charge on any atom is -0.464 e. The van der Waals surface area contributed by atoms with Gasteiger partial charge in [0.2, 0.25) is 5.91 Å². The van der Waals surface area contributed by atoms with E-state index in [0.29, 0.717) is 0 Å². The largest absolute Gasteiger partial charge is 0.464 e. The van der Waals surface area contributed by atoms with Crippen LogP contribution in [0.15, 0.2) is 59.5 Å². The van der Waals surface area contributed by atoms with Crippen LogP contribution in [-0.2, 0) is 30.6 Å². The molecule has 1 unspecified atom stereocenters. The SMILES string of the molecule is CCOC(=O)C(Cc1ccccc1)NC(=O)CCS(=O)(=O)c1ccc(C)cc1. The number of rotatable bonds is 9. The van der Waals surface area contributed by atoms with Gasteiger partial charge < -0.3 is 10.1 Å². The quantitative estimate of drug-likeness (QED) is 0.650. The Morgan fingerprint density at radius 3 is 2.29 bits per heavy atom. The van der Waals surface area contributed by atoms with Gasteiger partial charge in [-0.05, 0) is 31.5 Å². The van der Waals surface area contributed by atoms with Gasteiger partial charge >= 0.3 is 5.97 Å². The lowest BCUT2D eigenvalue weighted by molar-refractivity contribution is -0.147. The number of aryl methyl sites for hydroxylation is 1. The first-order valence-corrected chi connectivity index (χ1v) is 10.8.